The van der Waals surface area contributed by atoms with E-state index in [1.54, 1.807) is 36.7 Å². The summed E-state index contributed by atoms with van der Waals surface area (Å²) in [4.78, 5) is 50.1. The van der Waals surface area contributed by atoms with Crippen LogP contribution in [0.3, 0.4) is 0 Å². The summed E-state index contributed by atoms with van der Waals surface area (Å²) >= 11 is 0. The minimum atomic E-state index is -0.626. The van der Waals surface area contributed by atoms with E-state index in [1.807, 2.05) is 4.90 Å². The molecule has 3 N–H and O–H groups in total. The lowest BCUT2D eigenvalue weighted by atomic mass is 10.1. The SMILES string of the molecule is CC#CCn1c(N2CCCC(N)C2)nc2c1c(=O)n(CC(=O)Nc1ncccc1C)c(=O)n2C. The molecule has 11 nitrogen and oxygen atoms in total. The van der Waals surface area contributed by atoms with Crippen molar-refractivity contribution in [3.05, 3.63) is 44.7 Å². The molecule has 1 saturated heterocycles. The summed E-state index contributed by atoms with van der Waals surface area (Å²) in [5, 5.41) is 2.67. The van der Waals surface area contributed by atoms with Gasteiger partial charge in [0.1, 0.15) is 12.4 Å². The van der Waals surface area contributed by atoms with Crippen LogP contribution in [0.2, 0.25) is 0 Å². The van der Waals surface area contributed by atoms with Crippen molar-refractivity contribution in [3.63, 3.8) is 0 Å². The second kappa shape index (κ2) is 9.52. The molecule has 11 heteroatoms. The average Bonchev–Trinajstić information content (AvgIpc) is 3.20. The fraction of sp³-hybridized carbons (Fsp3) is 0.435. The number of hydrogen-bond acceptors (Lipinski definition) is 7. The molecule has 1 atom stereocenters. The predicted molar refractivity (Wildman–Crippen MR) is 130 cm³/mol. The molecule has 4 heterocycles. The lowest BCUT2D eigenvalue weighted by Crippen LogP contribution is -2.44. The molecule has 1 aliphatic heterocycles. The molecule has 4 rings (SSSR count). The molecule has 1 amide bonds. The Morgan fingerprint density at radius 1 is 1.32 bits per heavy atom. The van der Waals surface area contributed by atoms with Gasteiger partial charge in [-0.25, -0.2) is 14.3 Å². The van der Waals surface area contributed by atoms with Gasteiger partial charge in [0.05, 0.1) is 6.54 Å². The lowest BCUT2D eigenvalue weighted by molar-refractivity contribution is -0.116. The van der Waals surface area contributed by atoms with E-state index in [0.29, 0.717) is 18.3 Å². The third-order valence-electron chi connectivity index (χ3n) is 5.94. The Bertz CT molecular complexity index is 1420. The average molecular weight is 465 g/mol. The van der Waals surface area contributed by atoms with Gasteiger partial charge in [-0.3, -0.25) is 18.7 Å². The molecule has 1 aliphatic rings. The van der Waals surface area contributed by atoms with Crippen LogP contribution < -0.4 is 27.2 Å². The highest BCUT2D eigenvalue weighted by molar-refractivity contribution is 5.90. The van der Waals surface area contributed by atoms with E-state index in [2.05, 4.69) is 27.1 Å². The van der Waals surface area contributed by atoms with Crippen molar-refractivity contribution in [2.24, 2.45) is 12.8 Å². The Morgan fingerprint density at radius 2 is 2.12 bits per heavy atom. The Hall–Kier alpha value is -3.91. The zero-order valence-corrected chi connectivity index (χ0v) is 19.5. The topological polar surface area (TPSA) is 133 Å². The number of nitrogens with one attached hydrogen (secondary N) is 1. The van der Waals surface area contributed by atoms with Gasteiger partial charge in [0.15, 0.2) is 11.2 Å². The number of carbonyl (C=O) groups is 1. The van der Waals surface area contributed by atoms with Gasteiger partial charge in [0, 0.05) is 32.4 Å². The van der Waals surface area contributed by atoms with Crippen LogP contribution in [0.25, 0.3) is 11.2 Å². The van der Waals surface area contributed by atoms with Crippen molar-refractivity contribution in [2.45, 2.75) is 45.8 Å². The van der Waals surface area contributed by atoms with E-state index in [0.717, 1.165) is 29.5 Å². The minimum absolute atomic E-state index is 0.00139. The standard InChI is InChI=1S/C23H28N8O3/c1-4-5-12-30-18-20(27-22(30)29-11-7-9-16(24)13-29)28(3)23(34)31(21(18)33)14-17(32)26-19-15(2)8-6-10-25-19/h6,8,10,16H,7,9,11-14,24H2,1-3H3,(H,25,26,32). The molecule has 0 aliphatic carbocycles. The van der Waals surface area contributed by atoms with Crippen molar-refractivity contribution in [1.29, 1.82) is 0 Å². The van der Waals surface area contributed by atoms with Crippen molar-refractivity contribution < 1.29 is 4.79 Å². The number of rotatable bonds is 5. The summed E-state index contributed by atoms with van der Waals surface area (Å²) in [6.45, 7) is 4.63. The summed E-state index contributed by atoms with van der Waals surface area (Å²) in [6.07, 6.45) is 3.38. The highest BCUT2D eigenvalue weighted by Gasteiger charge is 2.26. The van der Waals surface area contributed by atoms with Gasteiger partial charge in [0.2, 0.25) is 11.9 Å². The van der Waals surface area contributed by atoms with E-state index in [1.165, 1.54) is 11.6 Å². The maximum absolute atomic E-state index is 13.5. The molecule has 3 aromatic heterocycles. The number of amides is 1. The van der Waals surface area contributed by atoms with Gasteiger partial charge in [-0.15, -0.1) is 5.92 Å². The molecule has 1 unspecified atom stereocenters. The number of piperidine rings is 1. The van der Waals surface area contributed by atoms with E-state index in [-0.39, 0.29) is 23.8 Å². The molecule has 1 fully saturated rings. The van der Waals surface area contributed by atoms with Crippen LogP contribution in [-0.4, -0.2) is 48.7 Å². The number of hydrogen-bond donors (Lipinski definition) is 2. The molecule has 34 heavy (non-hydrogen) atoms. The number of anilines is 2. The van der Waals surface area contributed by atoms with Gasteiger partial charge >= 0.3 is 5.69 Å². The van der Waals surface area contributed by atoms with E-state index < -0.39 is 23.7 Å². The van der Waals surface area contributed by atoms with Gasteiger partial charge in [-0.05, 0) is 38.3 Å². The van der Waals surface area contributed by atoms with E-state index in [4.69, 9.17) is 5.73 Å². The predicted octanol–water partition coefficient (Wildman–Crippen LogP) is 0.190. The van der Waals surface area contributed by atoms with E-state index >= 15 is 0 Å². The molecular formula is C23H28N8O3. The van der Waals surface area contributed by atoms with Gasteiger partial charge in [0.25, 0.3) is 5.56 Å². The second-order valence-electron chi connectivity index (χ2n) is 8.40. The fourth-order valence-electron chi connectivity index (χ4n) is 4.17. The van der Waals surface area contributed by atoms with Gasteiger partial charge < -0.3 is 16.0 Å². The first-order valence-corrected chi connectivity index (χ1v) is 11.1. The van der Waals surface area contributed by atoms with Crippen LogP contribution in [0.4, 0.5) is 11.8 Å². The van der Waals surface area contributed by atoms with Crippen molar-refractivity contribution in [1.82, 2.24) is 23.7 Å². The van der Waals surface area contributed by atoms with Crippen LogP contribution in [0.15, 0.2) is 27.9 Å². The first-order chi connectivity index (χ1) is 16.3. The molecule has 0 saturated carbocycles. The largest absolute Gasteiger partial charge is 0.341 e. The Kier molecular flexibility index (Phi) is 6.51. The molecule has 3 aromatic rings. The Balaban J connectivity index is 1.80. The zero-order chi connectivity index (χ0) is 24.4. The molecule has 0 spiro atoms. The highest BCUT2D eigenvalue weighted by atomic mass is 16.2. The number of aryl methyl sites for hydroxylation is 2. The molecule has 0 radical (unpaired) electrons. The first kappa shape index (κ1) is 23.3. The summed E-state index contributed by atoms with van der Waals surface area (Å²) in [7, 11) is 1.54. The normalized spacial score (nSPS) is 15.8. The molecular weight excluding hydrogens is 436 g/mol. The molecule has 0 bridgehead atoms. The maximum atomic E-state index is 13.5. The van der Waals surface area contributed by atoms with Crippen LogP contribution in [0.5, 0.6) is 0 Å². The lowest BCUT2D eigenvalue weighted by Gasteiger charge is -2.31. The van der Waals surface area contributed by atoms with Crippen LogP contribution in [0, 0.1) is 18.8 Å². The van der Waals surface area contributed by atoms with Crippen molar-refractivity contribution >= 4 is 28.8 Å². The Labute approximate surface area is 196 Å². The second-order valence-corrected chi connectivity index (χ2v) is 8.40. The third kappa shape index (κ3) is 4.32. The first-order valence-electron chi connectivity index (χ1n) is 11.1. The maximum Gasteiger partial charge on any atom is 0.332 e. The molecule has 0 aromatic carbocycles. The molecule has 178 valence electrons. The number of pyridine rings is 1. The van der Waals surface area contributed by atoms with Crippen LogP contribution >= 0.6 is 0 Å². The summed E-state index contributed by atoms with van der Waals surface area (Å²) in [5.41, 5.74) is 6.19. The Morgan fingerprint density at radius 3 is 2.82 bits per heavy atom. The number of carbonyl (C=O) groups excluding carboxylic acids is 1. The number of aromatic nitrogens is 5. The van der Waals surface area contributed by atoms with Gasteiger partial charge in [-0.2, -0.15) is 4.98 Å². The highest BCUT2D eigenvalue weighted by Crippen LogP contribution is 2.22. The minimum Gasteiger partial charge on any atom is -0.341 e. The van der Waals surface area contributed by atoms with Crippen molar-refractivity contribution in [3.8, 4) is 11.8 Å². The van der Waals surface area contributed by atoms with Crippen molar-refractivity contribution in [2.75, 3.05) is 23.3 Å². The third-order valence-corrected chi connectivity index (χ3v) is 5.94. The number of nitrogens with zero attached hydrogens (tertiary/aromatic N) is 6. The van der Waals surface area contributed by atoms with Crippen LogP contribution in [0.1, 0.15) is 25.3 Å². The number of imidazole rings is 1. The number of fused-ring (bicyclic) bond motifs is 1. The van der Waals surface area contributed by atoms with Gasteiger partial charge in [-0.1, -0.05) is 12.0 Å². The quantitative estimate of drug-likeness (QED) is 0.515. The van der Waals surface area contributed by atoms with Crippen LogP contribution in [-0.2, 0) is 24.9 Å². The fourth-order valence-corrected chi connectivity index (χ4v) is 4.17. The summed E-state index contributed by atoms with van der Waals surface area (Å²) in [6, 6.07) is 3.56. The summed E-state index contributed by atoms with van der Waals surface area (Å²) in [5.74, 6) is 6.23. The monoisotopic (exact) mass is 464 g/mol. The zero-order valence-electron chi connectivity index (χ0n) is 19.5. The smallest absolute Gasteiger partial charge is 0.332 e. The van der Waals surface area contributed by atoms with E-state index in [9.17, 15) is 14.4 Å². The number of nitrogens with two attached hydrogens (primary N) is 1. The summed E-state index contributed by atoms with van der Waals surface area (Å²) < 4.78 is 3.92.